The number of benzene rings is 1. The van der Waals surface area contributed by atoms with Gasteiger partial charge in [-0.05, 0) is 31.0 Å². The third kappa shape index (κ3) is 2.66. The standard InChI is InChI=1S/C14H20O4/c1-9-6-10(2)13(11(7-9)16-3)14(15)12-8-17-4-5-18-12/h6-7,12,14-15H,4-5,8H2,1-3H3. The lowest BCUT2D eigenvalue weighted by Gasteiger charge is -2.29. The lowest BCUT2D eigenvalue weighted by atomic mass is 9.96. The third-order valence-corrected chi connectivity index (χ3v) is 3.20. The molecule has 0 aromatic heterocycles. The first-order valence-electron chi connectivity index (χ1n) is 6.16. The molecule has 1 saturated heterocycles. The molecule has 0 saturated carbocycles. The van der Waals surface area contributed by atoms with Crippen molar-refractivity contribution in [1.82, 2.24) is 0 Å². The van der Waals surface area contributed by atoms with Crippen LogP contribution in [-0.4, -0.2) is 38.1 Å². The molecule has 2 rings (SSSR count). The fourth-order valence-corrected chi connectivity index (χ4v) is 2.36. The predicted octanol–water partition coefficient (Wildman–Crippen LogP) is 1.76. The summed E-state index contributed by atoms with van der Waals surface area (Å²) in [6.07, 6.45) is -1.05. The van der Waals surface area contributed by atoms with Gasteiger partial charge in [0.05, 0.1) is 26.9 Å². The highest BCUT2D eigenvalue weighted by Gasteiger charge is 2.28. The summed E-state index contributed by atoms with van der Waals surface area (Å²) in [7, 11) is 1.61. The maximum Gasteiger partial charge on any atom is 0.125 e. The van der Waals surface area contributed by atoms with Crippen LogP contribution < -0.4 is 4.74 Å². The lowest BCUT2D eigenvalue weighted by molar-refractivity contribution is -0.133. The minimum absolute atomic E-state index is 0.325. The Balaban J connectivity index is 2.30. The van der Waals surface area contributed by atoms with Gasteiger partial charge in [0.1, 0.15) is 18.0 Å². The first kappa shape index (κ1) is 13.3. The molecule has 1 aromatic carbocycles. The summed E-state index contributed by atoms with van der Waals surface area (Å²) < 4.78 is 16.2. The van der Waals surface area contributed by atoms with Gasteiger partial charge in [-0.15, -0.1) is 0 Å². The minimum atomic E-state index is -0.721. The van der Waals surface area contributed by atoms with Gasteiger partial charge >= 0.3 is 0 Å². The number of aryl methyl sites for hydroxylation is 2. The second-order valence-electron chi connectivity index (χ2n) is 4.63. The molecule has 0 radical (unpaired) electrons. The number of methoxy groups -OCH3 is 1. The molecule has 1 aliphatic heterocycles. The summed E-state index contributed by atoms with van der Waals surface area (Å²) in [6.45, 7) is 5.50. The molecule has 0 bridgehead atoms. The van der Waals surface area contributed by atoms with E-state index in [0.29, 0.717) is 25.6 Å². The van der Waals surface area contributed by atoms with Gasteiger partial charge in [-0.2, -0.15) is 0 Å². The number of aliphatic hydroxyl groups excluding tert-OH is 1. The van der Waals surface area contributed by atoms with Crippen molar-refractivity contribution in [2.75, 3.05) is 26.9 Å². The molecule has 2 atom stereocenters. The largest absolute Gasteiger partial charge is 0.496 e. The first-order chi connectivity index (χ1) is 8.63. The smallest absolute Gasteiger partial charge is 0.125 e. The van der Waals surface area contributed by atoms with E-state index in [1.165, 1.54) is 0 Å². The van der Waals surface area contributed by atoms with Crippen LogP contribution in [0.5, 0.6) is 5.75 Å². The Hall–Kier alpha value is -1.10. The summed E-state index contributed by atoms with van der Waals surface area (Å²) in [5.41, 5.74) is 2.91. The van der Waals surface area contributed by atoms with E-state index in [1.54, 1.807) is 7.11 Å². The summed E-state index contributed by atoms with van der Waals surface area (Å²) >= 11 is 0. The van der Waals surface area contributed by atoms with E-state index in [9.17, 15) is 5.11 Å². The number of aliphatic hydroxyl groups is 1. The van der Waals surface area contributed by atoms with E-state index in [4.69, 9.17) is 14.2 Å². The van der Waals surface area contributed by atoms with Gasteiger partial charge in [0, 0.05) is 5.56 Å². The predicted molar refractivity (Wildman–Crippen MR) is 68.0 cm³/mol. The van der Waals surface area contributed by atoms with Gasteiger partial charge in [0.2, 0.25) is 0 Å². The Morgan fingerprint density at radius 1 is 1.33 bits per heavy atom. The van der Waals surface area contributed by atoms with Gasteiger partial charge < -0.3 is 19.3 Å². The van der Waals surface area contributed by atoms with Crippen LogP contribution in [0, 0.1) is 13.8 Å². The molecule has 18 heavy (non-hydrogen) atoms. The molecule has 1 aromatic rings. The molecule has 1 aliphatic rings. The fourth-order valence-electron chi connectivity index (χ4n) is 2.36. The highest BCUT2D eigenvalue weighted by molar-refractivity contribution is 5.44. The van der Waals surface area contributed by atoms with Gasteiger partial charge in [-0.25, -0.2) is 0 Å². The molecule has 4 nitrogen and oxygen atoms in total. The zero-order valence-corrected chi connectivity index (χ0v) is 11.1. The van der Waals surface area contributed by atoms with Crippen molar-refractivity contribution in [2.24, 2.45) is 0 Å². The summed E-state index contributed by atoms with van der Waals surface area (Å²) in [5.74, 6) is 0.703. The number of rotatable bonds is 3. The molecule has 1 heterocycles. The Bertz CT molecular complexity index is 411. The molecule has 0 spiro atoms. The number of ether oxygens (including phenoxy) is 3. The molecular weight excluding hydrogens is 232 g/mol. The highest BCUT2D eigenvalue weighted by atomic mass is 16.6. The van der Waals surface area contributed by atoms with E-state index < -0.39 is 6.10 Å². The van der Waals surface area contributed by atoms with E-state index in [2.05, 4.69) is 0 Å². The molecule has 1 N–H and O–H groups in total. The van der Waals surface area contributed by atoms with Gasteiger partial charge in [0.25, 0.3) is 0 Å². The van der Waals surface area contributed by atoms with Crippen molar-refractivity contribution in [3.8, 4) is 5.75 Å². The Morgan fingerprint density at radius 3 is 2.72 bits per heavy atom. The average Bonchev–Trinajstić information content (AvgIpc) is 2.38. The van der Waals surface area contributed by atoms with Crippen molar-refractivity contribution < 1.29 is 19.3 Å². The fraction of sp³-hybridized carbons (Fsp3) is 0.571. The van der Waals surface area contributed by atoms with E-state index >= 15 is 0 Å². The zero-order valence-electron chi connectivity index (χ0n) is 11.1. The lowest BCUT2D eigenvalue weighted by Crippen LogP contribution is -2.34. The van der Waals surface area contributed by atoms with Gasteiger partial charge in [-0.1, -0.05) is 6.07 Å². The molecule has 4 heteroatoms. The molecule has 2 unspecified atom stereocenters. The normalized spacial score (nSPS) is 21.7. The summed E-state index contributed by atoms with van der Waals surface area (Å²) in [5, 5.41) is 10.4. The van der Waals surface area contributed by atoms with Crippen molar-refractivity contribution in [3.63, 3.8) is 0 Å². The highest BCUT2D eigenvalue weighted by Crippen LogP contribution is 2.33. The second kappa shape index (κ2) is 5.69. The minimum Gasteiger partial charge on any atom is -0.496 e. The van der Waals surface area contributed by atoms with Crippen LogP contribution >= 0.6 is 0 Å². The van der Waals surface area contributed by atoms with Crippen LogP contribution in [0.25, 0.3) is 0 Å². The molecule has 0 amide bonds. The van der Waals surface area contributed by atoms with Gasteiger partial charge in [0.15, 0.2) is 0 Å². The Morgan fingerprint density at radius 2 is 2.11 bits per heavy atom. The number of hydrogen-bond acceptors (Lipinski definition) is 4. The topological polar surface area (TPSA) is 47.9 Å². The second-order valence-corrected chi connectivity index (χ2v) is 4.63. The average molecular weight is 252 g/mol. The Kier molecular flexibility index (Phi) is 4.22. The molecule has 1 fully saturated rings. The van der Waals surface area contributed by atoms with E-state index in [1.807, 2.05) is 26.0 Å². The van der Waals surface area contributed by atoms with Crippen molar-refractivity contribution in [1.29, 1.82) is 0 Å². The van der Waals surface area contributed by atoms with Crippen molar-refractivity contribution in [3.05, 3.63) is 28.8 Å². The zero-order chi connectivity index (χ0) is 13.1. The van der Waals surface area contributed by atoms with Crippen LogP contribution in [0.1, 0.15) is 22.8 Å². The maximum absolute atomic E-state index is 10.4. The molecule has 100 valence electrons. The number of hydrogen-bond donors (Lipinski definition) is 1. The Labute approximate surface area is 107 Å². The van der Waals surface area contributed by atoms with Crippen LogP contribution in [0.3, 0.4) is 0 Å². The quantitative estimate of drug-likeness (QED) is 0.890. The van der Waals surface area contributed by atoms with Crippen molar-refractivity contribution >= 4 is 0 Å². The van der Waals surface area contributed by atoms with Crippen LogP contribution in [0.2, 0.25) is 0 Å². The molecule has 0 aliphatic carbocycles. The third-order valence-electron chi connectivity index (χ3n) is 3.20. The van der Waals surface area contributed by atoms with Crippen LogP contribution in [-0.2, 0) is 9.47 Å². The van der Waals surface area contributed by atoms with Crippen LogP contribution in [0.4, 0.5) is 0 Å². The maximum atomic E-state index is 10.4. The summed E-state index contributed by atoms with van der Waals surface area (Å²) in [4.78, 5) is 0. The van der Waals surface area contributed by atoms with Crippen molar-refractivity contribution in [2.45, 2.75) is 26.1 Å². The monoisotopic (exact) mass is 252 g/mol. The van der Waals surface area contributed by atoms with Crippen LogP contribution in [0.15, 0.2) is 12.1 Å². The van der Waals surface area contributed by atoms with E-state index in [-0.39, 0.29) is 6.10 Å². The van der Waals surface area contributed by atoms with Gasteiger partial charge in [-0.3, -0.25) is 0 Å². The SMILES string of the molecule is COc1cc(C)cc(C)c1C(O)C1COCCO1. The summed E-state index contributed by atoms with van der Waals surface area (Å²) in [6, 6.07) is 3.96. The molecular formula is C14H20O4. The van der Waals surface area contributed by atoms with E-state index in [0.717, 1.165) is 16.7 Å². The first-order valence-corrected chi connectivity index (χ1v) is 6.16.